The number of carbonyl (C=O) groups is 1. The molecule has 4 nitrogen and oxygen atoms in total. The molecule has 0 saturated heterocycles. The van der Waals surface area contributed by atoms with Gasteiger partial charge in [-0.25, -0.2) is 9.97 Å². The zero-order chi connectivity index (χ0) is 14.4. The Balaban J connectivity index is 3.05. The number of halogens is 1. The Hall–Kier alpha value is -1.16. The van der Waals surface area contributed by atoms with Gasteiger partial charge in [0.05, 0.1) is 11.2 Å². The number of hydrogen-bond donors (Lipinski definition) is 0. The van der Waals surface area contributed by atoms with Gasteiger partial charge in [0.2, 0.25) is 0 Å². The molecule has 0 radical (unpaired) electrons. The highest BCUT2D eigenvalue weighted by Gasteiger charge is 2.20. The maximum Gasteiger partial charge on any atom is 0.274 e. The third-order valence-corrected chi connectivity index (χ3v) is 3.03. The summed E-state index contributed by atoms with van der Waals surface area (Å²) in [6.07, 6.45) is 3.37. The second-order valence-corrected chi connectivity index (χ2v) is 5.28. The van der Waals surface area contributed by atoms with E-state index in [-0.39, 0.29) is 11.8 Å². The lowest BCUT2D eigenvalue weighted by atomic mass is 10.2. The zero-order valence-corrected chi connectivity index (χ0v) is 12.9. The summed E-state index contributed by atoms with van der Waals surface area (Å²) in [5.74, 6) is 0.730. The van der Waals surface area contributed by atoms with E-state index in [0.29, 0.717) is 16.5 Å². The molecule has 5 heteroatoms. The molecule has 0 aliphatic heterocycles. The summed E-state index contributed by atoms with van der Waals surface area (Å²) in [5, 5.41) is 0.326. The number of nitrogens with zero attached hydrogens (tertiary/aromatic N) is 3. The molecule has 1 amide bonds. The molecule has 0 saturated carbocycles. The Labute approximate surface area is 120 Å². The molecule has 1 heterocycles. The Bertz CT molecular complexity index is 429. The molecule has 0 bridgehead atoms. The second-order valence-electron chi connectivity index (χ2n) is 4.87. The maximum atomic E-state index is 12.5. The van der Waals surface area contributed by atoms with Gasteiger partial charge in [-0.05, 0) is 12.8 Å². The van der Waals surface area contributed by atoms with Crippen LogP contribution in [0.5, 0.6) is 0 Å². The lowest BCUT2D eigenvalue weighted by Crippen LogP contribution is -2.33. The first kappa shape index (κ1) is 15.9. The highest BCUT2D eigenvalue weighted by Crippen LogP contribution is 2.18. The summed E-state index contributed by atoms with van der Waals surface area (Å²) in [6.45, 7) is 9.54. The van der Waals surface area contributed by atoms with Crippen LogP contribution in [0, 0.1) is 0 Å². The molecule has 0 N–H and O–H groups in total. The van der Waals surface area contributed by atoms with Gasteiger partial charge in [-0.2, -0.15) is 0 Å². The van der Waals surface area contributed by atoms with E-state index < -0.39 is 0 Å². The van der Waals surface area contributed by atoms with Gasteiger partial charge in [0.25, 0.3) is 5.91 Å². The molecule has 1 aromatic heterocycles. The van der Waals surface area contributed by atoms with Crippen molar-refractivity contribution in [1.82, 2.24) is 14.9 Å². The van der Waals surface area contributed by atoms with Crippen molar-refractivity contribution in [2.45, 2.75) is 46.5 Å². The highest BCUT2D eigenvalue weighted by molar-refractivity contribution is 6.33. The van der Waals surface area contributed by atoms with Crippen LogP contribution in [0.1, 0.15) is 62.8 Å². The minimum atomic E-state index is -0.0991. The van der Waals surface area contributed by atoms with Crippen LogP contribution >= 0.6 is 11.6 Å². The molecular weight excluding hydrogens is 262 g/mol. The van der Waals surface area contributed by atoms with E-state index >= 15 is 0 Å². The Morgan fingerprint density at radius 1 is 1.32 bits per heavy atom. The number of amides is 1. The molecule has 0 aliphatic rings. The molecule has 0 spiro atoms. The average molecular weight is 284 g/mol. The van der Waals surface area contributed by atoms with Crippen LogP contribution < -0.4 is 0 Å². The van der Waals surface area contributed by atoms with Crippen LogP contribution in [0.4, 0.5) is 0 Å². The number of carbonyl (C=O) groups excluding carboxylic acids is 1. The lowest BCUT2D eigenvalue weighted by molar-refractivity contribution is 0.0749. The van der Waals surface area contributed by atoms with Gasteiger partial charge >= 0.3 is 0 Å². The van der Waals surface area contributed by atoms with Crippen molar-refractivity contribution in [1.29, 1.82) is 0 Å². The van der Waals surface area contributed by atoms with Crippen molar-refractivity contribution in [3.63, 3.8) is 0 Å². The van der Waals surface area contributed by atoms with Crippen LogP contribution in [0.3, 0.4) is 0 Å². The van der Waals surface area contributed by atoms with Gasteiger partial charge in [-0.3, -0.25) is 4.79 Å². The van der Waals surface area contributed by atoms with Crippen molar-refractivity contribution < 1.29 is 4.79 Å². The second kappa shape index (κ2) is 7.43. The third-order valence-electron chi connectivity index (χ3n) is 2.76. The first-order valence-electron chi connectivity index (χ1n) is 6.82. The molecule has 0 unspecified atom stereocenters. The largest absolute Gasteiger partial charge is 0.337 e. The van der Waals surface area contributed by atoms with E-state index in [4.69, 9.17) is 11.6 Å². The Morgan fingerprint density at radius 3 is 2.37 bits per heavy atom. The van der Waals surface area contributed by atoms with Gasteiger partial charge in [0.15, 0.2) is 5.69 Å². The molecule has 1 aromatic rings. The average Bonchev–Trinajstić information content (AvgIpc) is 2.38. The fourth-order valence-electron chi connectivity index (χ4n) is 1.81. The monoisotopic (exact) mass is 283 g/mol. The van der Waals surface area contributed by atoms with Gasteiger partial charge in [0, 0.05) is 19.0 Å². The smallest absolute Gasteiger partial charge is 0.274 e. The van der Waals surface area contributed by atoms with Gasteiger partial charge in [-0.1, -0.05) is 39.3 Å². The quantitative estimate of drug-likeness (QED) is 0.802. The van der Waals surface area contributed by atoms with Crippen LogP contribution in [0.25, 0.3) is 0 Å². The van der Waals surface area contributed by atoms with Gasteiger partial charge in [-0.15, -0.1) is 0 Å². The number of aromatic nitrogens is 2. The predicted octanol–water partition coefficient (Wildman–Crippen LogP) is 3.52. The van der Waals surface area contributed by atoms with E-state index in [1.165, 1.54) is 6.20 Å². The topological polar surface area (TPSA) is 46.1 Å². The van der Waals surface area contributed by atoms with Crippen molar-refractivity contribution >= 4 is 17.5 Å². The fraction of sp³-hybridized carbons (Fsp3) is 0.643. The maximum absolute atomic E-state index is 12.5. The summed E-state index contributed by atoms with van der Waals surface area (Å²) in [4.78, 5) is 22.8. The van der Waals surface area contributed by atoms with Gasteiger partial charge < -0.3 is 4.90 Å². The number of rotatable bonds is 6. The third kappa shape index (κ3) is 4.16. The normalized spacial score (nSPS) is 10.8. The molecular formula is C14H22ClN3O. The van der Waals surface area contributed by atoms with Crippen molar-refractivity contribution in [3.05, 3.63) is 22.7 Å². The van der Waals surface area contributed by atoms with Crippen LogP contribution in [-0.4, -0.2) is 33.9 Å². The fourth-order valence-corrected chi connectivity index (χ4v) is 1.99. The first-order valence-corrected chi connectivity index (χ1v) is 7.20. The van der Waals surface area contributed by atoms with Crippen LogP contribution in [0.15, 0.2) is 6.20 Å². The standard InChI is InChI=1S/C14H22ClN3O/c1-5-7-18(8-6-2)14(19)12-11(15)9-16-13(17-12)10(3)4/h9-10H,5-8H2,1-4H3. The van der Waals surface area contributed by atoms with E-state index in [1.807, 2.05) is 13.8 Å². The molecule has 1 rings (SSSR count). The van der Waals surface area contributed by atoms with Crippen LogP contribution in [-0.2, 0) is 0 Å². The lowest BCUT2D eigenvalue weighted by Gasteiger charge is -2.21. The molecule has 0 fully saturated rings. The van der Waals surface area contributed by atoms with E-state index in [9.17, 15) is 4.79 Å². The van der Waals surface area contributed by atoms with Gasteiger partial charge in [0.1, 0.15) is 5.82 Å². The SMILES string of the molecule is CCCN(CCC)C(=O)c1nc(C(C)C)ncc1Cl. The summed E-state index contributed by atoms with van der Waals surface area (Å²) >= 11 is 6.07. The first-order chi connectivity index (χ1) is 9.01. The molecule has 0 atom stereocenters. The minimum Gasteiger partial charge on any atom is -0.337 e. The Morgan fingerprint density at radius 2 is 1.89 bits per heavy atom. The summed E-state index contributed by atoms with van der Waals surface area (Å²) in [5.41, 5.74) is 0.322. The molecule has 106 valence electrons. The summed E-state index contributed by atoms with van der Waals surface area (Å²) < 4.78 is 0. The van der Waals surface area contributed by atoms with E-state index in [0.717, 1.165) is 25.9 Å². The van der Waals surface area contributed by atoms with E-state index in [1.54, 1.807) is 4.90 Å². The molecule has 0 aliphatic carbocycles. The van der Waals surface area contributed by atoms with E-state index in [2.05, 4.69) is 23.8 Å². The predicted molar refractivity (Wildman–Crippen MR) is 77.6 cm³/mol. The molecule has 0 aromatic carbocycles. The highest BCUT2D eigenvalue weighted by atomic mass is 35.5. The van der Waals surface area contributed by atoms with Crippen LogP contribution in [0.2, 0.25) is 5.02 Å². The summed E-state index contributed by atoms with van der Waals surface area (Å²) in [6, 6.07) is 0. The van der Waals surface area contributed by atoms with Crippen molar-refractivity contribution in [3.8, 4) is 0 Å². The number of hydrogen-bond acceptors (Lipinski definition) is 3. The van der Waals surface area contributed by atoms with Crippen molar-refractivity contribution in [2.75, 3.05) is 13.1 Å². The summed E-state index contributed by atoms with van der Waals surface area (Å²) in [7, 11) is 0. The zero-order valence-electron chi connectivity index (χ0n) is 12.1. The molecule has 19 heavy (non-hydrogen) atoms. The minimum absolute atomic E-state index is 0.0991. The Kier molecular flexibility index (Phi) is 6.22. The van der Waals surface area contributed by atoms with Crippen molar-refractivity contribution in [2.24, 2.45) is 0 Å².